The van der Waals surface area contributed by atoms with E-state index in [4.69, 9.17) is 4.52 Å². The molecular formula is C22H27N3O3. The molecule has 1 aromatic heterocycles. The van der Waals surface area contributed by atoms with E-state index >= 15 is 0 Å². The van der Waals surface area contributed by atoms with Gasteiger partial charge in [0.25, 0.3) is 5.91 Å². The summed E-state index contributed by atoms with van der Waals surface area (Å²) in [6.45, 7) is 5.76. The van der Waals surface area contributed by atoms with Crippen LogP contribution in [0.5, 0.6) is 0 Å². The number of carbonyl (C=O) groups is 2. The normalized spacial score (nSPS) is 22.0. The van der Waals surface area contributed by atoms with E-state index in [0.717, 1.165) is 31.4 Å². The Morgan fingerprint density at radius 3 is 2.46 bits per heavy atom. The Kier molecular flexibility index (Phi) is 4.73. The lowest BCUT2D eigenvalue weighted by molar-refractivity contribution is -0.139. The van der Waals surface area contributed by atoms with Crippen LogP contribution in [0.2, 0.25) is 0 Å². The molecule has 0 unspecified atom stereocenters. The maximum absolute atomic E-state index is 12.9. The highest BCUT2D eigenvalue weighted by Gasteiger charge is 2.45. The minimum atomic E-state index is -0.0928. The largest absolute Gasteiger partial charge is 0.361 e. The van der Waals surface area contributed by atoms with Crippen LogP contribution in [0.3, 0.4) is 0 Å². The summed E-state index contributed by atoms with van der Waals surface area (Å²) in [6.07, 6.45) is 2.67. The Morgan fingerprint density at radius 1 is 1.18 bits per heavy atom. The number of hydrogen-bond acceptors (Lipinski definition) is 4. The molecule has 0 saturated carbocycles. The number of piperidine rings is 2. The third-order valence-electron chi connectivity index (χ3n) is 6.44. The second-order valence-corrected chi connectivity index (χ2v) is 8.35. The minimum absolute atomic E-state index is 0.00551. The van der Waals surface area contributed by atoms with Gasteiger partial charge in [-0.05, 0) is 44.1 Å². The molecule has 0 N–H and O–H groups in total. The summed E-state index contributed by atoms with van der Waals surface area (Å²) in [6, 6.07) is 10.1. The van der Waals surface area contributed by atoms with Crippen molar-refractivity contribution < 1.29 is 14.1 Å². The van der Waals surface area contributed by atoms with Gasteiger partial charge in [0.2, 0.25) is 5.91 Å². The van der Waals surface area contributed by atoms with Gasteiger partial charge in [-0.2, -0.15) is 0 Å². The first-order chi connectivity index (χ1) is 13.4. The number of benzene rings is 1. The predicted molar refractivity (Wildman–Crippen MR) is 105 cm³/mol. The molecule has 148 valence electrons. The lowest BCUT2D eigenvalue weighted by Gasteiger charge is -2.49. The first-order valence-corrected chi connectivity index (χ1v) is 9.92. The molecule has 2 aliphatic heterocycles. The molecule has 4 rings (SSSR count). The van der Waals surface area contributed by atoms with Crippen molar-refractivity contribution in [2.75, 3.05) is 26.7 Å². The third kappa shape index (κ3) is 3.21. The first-order valence-electron chi connectivity index (χ1n) is 9.92. The zero-order valence-corrected chi connectivity index (χ0v) is 16.8. The summed E-state index contributed by atoms with van der Waals surface area (Å²) in [5, 5.41) is 3.91. The van der Waals surface area contributed by atoms with Gasteiger partial charge in [0.15, 0.2) is 0 Å². The number of aromatic nitrogens is 1. The zero-order valence-electron chi connectivity index (χ0n) is 16.8. The highest BCUT2D eigenvalue weighted by Crippen LogP contribution is 2.45. The van der Waals surface area contributed by atoms with Crippen LogP contribution in [-0.4, -0.2) is 53.5 Å². The van der Waals surface area contributed by atoms with E-state index in [1.807, 2.05) is 47.2 Å². The highest BCUT2D eigenvalue weighted by atomic mass is 16.5. The number of rotatable bonds is 2. The molecule has 0 aliphatic carbocycles. The number of aryl methyl sites for hydroxylation is 2. The molecule has 28 heavy (non-hydrogen) atoms. The topological polar surface area (TPSA) is 66.7 Å². The quantitative estimate of drug-likeness (QED) is 0.801. The van der Waals surface area contributed by atoms with Gasteiger partial charge in [-0.3, -0.25) is 9.59 Å². The average Bonchev–Trinajstić information content (AvgIpc) is 3.04. The standard InChI is InChI=1S/C22H27N3O3/c1-15-19(16(2)28-23-15)21(27)25-11-9-22(10-12-25)13-18(20(26)24(3)14-22)17-7-5-4-6-8-17/h4-8,18H,9-14H2,1-3H3/t18-/m0/s1. The Labute approximate surface area is 165 Å². The van der Waals surface area contributed by atoms with Gasteiger partial charge in [0, 0.05) is 26.7 Å². The van der Waals surface area contributed by atoms with Gasteiger partial charge in [0.05, 0.1) is 11.6 Å². The second-order valence-electron chi connectivity index (χ2n) is 8.35. The van der Waals surface area contributed by atoms with Crippen LogP contribution in [0.4, 0.5) is 0 Å². The van der Waals surface area contributed by atoms with Gasteiger partial charge in [0.1, 0.15) is 11.3 Å². The Bertz CT molecular complexity index is 862. The molecule has 2 amide bonds. The smallest absolute Gasteiger partial charge is 0.259 e. The Hall–Kier alpha value is -2.63. The van der Waals surface area contributed by atoms with E-state index in [9.17, 15) is 9.59 Å². The van der Waals surface area contributed by atoms with Crippen LogP contribution in [0.15, 0.2) is 34.9 Å². The summed E-state index contributed by atoms with van der Waals surface area (Å²) in [4.78, 5) is 29.5. The van der Waals surface area contributed by atoms with E-state index in [0.29, 0.717) is 30.1 Å². The van der Waals surface area contributed by atoms with Crippen molar-refractivity contribution in [1.82, 2.24) is 15.0 Å². The van der Waals surface area contributed by atoms with Crippen molar-refractivity contribution in [3.8, 4) is 0 Å². The van der Waals surface area contributed by atoms with E-state index in [-0.39, 0.29) is 23.1 Å². The SMILES string of the molecule is Cc1noc(C)c1C(=O)N1CCC2(CC1)C[C@@H](c1ccccc1)C(=O)N(C)C2. The molecule has 0 radical (unpaired) electrons. The highest BCUT2D eigenvalue weighted by molar-refractivity contribution is 5.96. The first kappa shape index (κ1) is 18.7. The summed E-state index contributed by atoms with van der Waals surface area (Å²) >= 11 is 0. The molecule has 2 aliphatic rings. The molecule has 1 spiro atoms. The predicted octanol–water partition coefficient (Wildman–Crippen LogP) is 3.16. The zero-order chi connectivity index (χ0) is 19.9. The summed E-state index contributed by atoms with van der Waals surface area (Å²) in [5.74, 6) is 0.691. The van der Waals surface area contributed by atoms with Crippen molar-refractivity contribution in [2.45, 2.75) is 39.0 Å². The number of likely N-dealkylation sites (tertiary alicyclic amines) is 2. The van der Waals surface area contributed by atoms with Gasteiger partial charge in [-0.1, -0.05) is 35.5 Å². The number of carbonyl (C=O) groups excluding carboxylic acids is 2. The number of likely N-dealkylation sites (N-methyl/N-ethyl adjacent to an activating group) is 1. The Balaban J connectivity index is 1.50. The van der Waals surface area contributed by atoms with Crippen LogP contribution < -0.4 is 0 Å². The fourth-order valence-corrected chi connectivity index (χ4v) is 4.87. The summed E-state index contributed by atoms with van der Waals surface area (Å²) in [7, 11) is 1.90. The number of hydrogen-bond donors (Lipinski definition) is 0. The maximum atomic E-state index is 12.9. The maximum Gasteiger partial charge on any atom is 0.259 e. The van der Waals surface area contributed by atoms with Crippen molar-refractivity contribution in [2.24, 2.45) is 5.41 Å². The molecule has 0 bridgehead atoms. The van der Waals surface area contributed by atoms with Crippen molar-refractivity contribution in [1.29, 1.82) is 0 Å². The van der Waals surface area contributed by atoms with Crippen LogP contribution in [0, 0.1) is 19.3 Å². The molecule has 1 atom stereocenters. The van der Waals surface area contributed by atoms with Crippen LogP contribution in [0.25, 0.3) is 0 Å². The van der Waals surface area contributed by atoms with E-state index < -0.39 is 0 Å². The number of amides is 2. The van der Waals surface area contributed by atoms with E-state index in [1.165, 1.54) is 0 Å². The molecule has 2 aromatic rings. The van der Waals surface area contributed by atoms with Crippen LogP contribution in [0.1, 0.15) is 52.6 Å². The van der Waals surface area contributed by atoms with Gasteiger partial charge >= 0.3 is 0 Å². The van der Waals surface area contributed by atoms with Gasteiger partial charge in [-0.15, -0.1) is 0 Å². The summed E-state index contributed by atoms with van der Waals surface area (Å²) in [5.41, 5.74) is 2.40. The third-order valence-corrected chi connectivity index (χ3v) is 6.44. The Morgan fingerprint density at radius 2 is 1.86 bits per heavy atom. The molecule has 3 heterocycles. The van der Waals surface area contributed by atoms with Crippen molar-refractivity contribution >= 4 is 11.8 Å². The van der Waals surface area contributed by atoms with Crippen LogP contribution in [-0.2, 0) is 4.79 Å². The van der Waals surface area contributed by atoms with E-state index in [2.05, 4.69) is 5.16 Å². The second kappa shape index (κ2) is 7.08. The molecular weight excluding hydrogens is 354 g/mol. The molecule has 6 nitrogen and oxygen atoms in total. The number of nitrogens with zero attached hydrogens (tertiary/aromatic N) is 3. The minimum Gasteiger partial charge on any atom is -0.361 e. The van der Waals surface area contributed by atoms with Crippen molar-refractivity contribution in [3.05, 3.63) is 52.9 Å². The molecule has 2 saturated heterocycles. The van der Waals surface area contributed by atoms with E-state index in [1.54, 1.807) is 13.8 Å². The monoisotopic (exact) mass is 381 g/mol. The van der Waals surface area contributed by atoms with Gasteiger partial charge in [-0.25, -0.2) is 0 Å². The average molecular weight is 381 g/mol. The summed E-state index contributed by atoms with van der Waals surface area (Å²) < 4.78 is 5.16. The van der Waals surface area contributed by atoms with Crippen molar-refractivity contribution in [3.63, 3.8) is 0 Å². The molecule has 1 aromatic carbocycles. The lowest BCUT2D eigenvalue weighted by atomic mass is 9.67. The fraction of sp³-hybridized carbons (Fsp3) is 0.500. The fourth-order valence-electron chi connectivity index (χ4n) is 4.87. The van der Waals surface area contributed by atoms with Gasteiger partial charge < -0.3 is 14.3 Å². The molecule has 2 fully saturated rings. The molecule has 6 heteroatoms. The van der Waals surface area contributed by atoms with Crippen LogP contribution >= 0.6 is 0 Å². The lowest BCUT2D eigenvalue weighted by Crippen LogP contribution is -2.53.